The largest absolute Gasteiger partial charge is 0.392 e. The van der Waals surface area contributed by atoms with E-state index in [-0.39, 0.29) is 6.10 Å². The van der Waals surface area contributed by atoms with Crippen molar-refractivity contribution in [2.45, 2.75) is 46.3 Å². The van der Waals surface area contributed by atoms with Crippen LogP contribution in [0.1, 0.15) is 29.4 Å². The van der Waals surface area contributed by atoms with Crippen LogP contribution in [0.2, 0.25) is 0 Å². The van der Waals surface area contributed by atoms with Crippen LogP contribution in [0, 0.1) is 13.8 Å². The first-order valence-electron chi connectivity index (χ1n) is 6.85. The first kappa shape index (κ1) is 13.8. The maximum atomic E-state index is 10.2. The van der Waals surface area contributed by atoms with Crippen LogP contribution in [0.15, 0.2) is 30.3 Å². The Morgan fingerprint density at radius 1 is 1.16 bits per heavy atom. The molecule has 0 aliphatic rings. The second-order valence-electron chi connectivity index (χ2n) is 5.14. The fraction of sp³-hybridized carbons (Fsp3) is 0.438. The molecule has 0 fully saturated rings. The summed E-state index contributed by atoms with van der Waals surface area (Å²) in [5, 5.41) is 14.6. The molecule has 1 N–H and O–H groups in total. The zero-order valence-corrected chi connectivity index (χ0v) is 11.9. The van der Waals surface area contributed by atoms with Crippen molar-refractivity contribution < 1.29 is 5.11 Å². The van der Waals surface area contributed by atoms with E-state index < -0.39 is 0 Å². The maximum Gasteiger partial charge on any atom is 0.0635 e. The molecule has 0 spiro atoms. The zero-order chi connectivity index (χ0) is 13.8. The van der Waals surface area contributed by atoms with Crippen molar-refractivity contribution in [2.24, 2.45) is 0 Å². The monoisotopic (exact) mass is 258 g/mol. The van der Waals surface area contributed by atoms with Crippen molar-refractivity contribution in [1.29, 1.82) is 0 Å². The predicted octanol–water partition coefficient (Wildman–Crippen LogP) is 2.67. The van der Waals surface area contributed by atoms with Crippen LogP contribution in [0.4, 0.5) is 0 Å². The Bertz CT molecular complexity index is 528. The lowest BCUT2D eigenvalue weighted by molar-refractivity contribution is 0.172. The molecular formula is C16H22N2O. The molecule has 3 heteroatoms. The van der Waals surface area contributed by atoms with Gasteiger partial charge in [-0.25, -0.2) is 0 Å². The molecule has 2 aromatic rings. The third-order valence-electron chi connectivity index (χ3n) is 3.32. The van der Waals surface area contributed by atoms with Crippen LogP contribution in [-0.2, 0) is 19.4 Å². The molecule has 0 bridgehead atoms. The van der Waals surface area contributed by atoms with Gasteiger partial charge in [0.15, 0.2) is 0 Å². The number of benzene rings is 1. The molecule has 102 valence electrons. The Morgan fingerprint density at radius 3 is 2.47 bits per heavy atom. The molecule has 1 aromatic carbocycles. The van der Waals surface area contributed by atoms with Crippen molar-refractivity contribution in [3.05, 3.63) is 52.8 Å². The fourth-order valence-corrected chi connectivity index (χ4v) is 2.35. The summed E-state index contributed by atoms with van der Waals surface area (Å²) in [7, 11) is 0. The summed E-state index contributed by atoms with van der Waals surface area (Å²) in [4.78, 5) is 0. The molecule has 0 radical (unpaired) electrons. The standard InChI is InChI=1S/C16H22N2O/c1-4-18-15(9-13(3)17-18)11-16(19)10-14-7-5-12(2)6-8-14/h5-9,16,19H,4,10-11H2,1-3H3. The van der Waals surface area contributed by atoms with E-state index >= 15 is 0 Å². The number of rotatable bonds is 5. The van der Waals surface area contributed by atoms with Gasteiger partial charge in [0.05, 0.1) is 11.8 Å². The lowest BCUT2D eigenvalue weighted by Gasteiger charge is -2.12. The summed E-state index contributed by atoms with van der Waals surface area (Å²) in [6.45, 7) is 6.98. The number of nitrogens with zero attached hydrogens (tertiary/aromatic N) is 2. The summed E-state index contributed by atoms with van der Waals surface area (Å²) in [5.41, 5.74) is 4.55. The van der Waals surface area contributed by atoms with Gasteiger partial charge in [-0.05, 0) is 38.8 Å². The van der Waals surface area contributed by atoms with E-state index in [1.54, 1.807) is 0 Å². The Hall–Kier alpha value is -1.61. The molecule has 1 unspecified atom stereocenters. The normalized spacial score (nSPS) is 12.6. The highest BCUT2D eigenvalue weighted by Gasteiger charge is 2.11. The zero-order valence-electron chi connectivity index (χ0n) is 11.9. The Labute approximate surface area is 114 Å². The van der Waals surface area contributed by atoms with E-state index in [9.17, 15) is 5.11 Å². The molecule has 0 saturated carbocycles. The minimum absolute atomic E-state index is 0.357. The van der Waals surface area contributed by atoms with Crippen molar-refractivity contribution in [1.82, 2.24) is 9.78 Å². The van der Waals surface area contributed by atoms with Crippen LogP contribution in [0.25, 0.3) is 0 Å². The minimum Gasteiger partial charge on any atom is -0.392 e. The molecule has 3 nitrogen and oxygen atoms in total. The summed E-state index contributed by atoms with van der Waals surface area (Å²) in [6.07, 6.45) is 0.987. The first-order chi connectivity index (χ1) is 9.08. The maximum absolute atomic E-state index is 10.2. The minimum atomic E-state index is -0.357. The highest BCUT2D eigenvalue weighted by atomic mass is 16.3. The summed E-state index contributed by atoms with van der Waals surface area (Å²) in [5.74, 6) is 0. The molecule has 1 aromatic heterocycles. The van der Waals surface area contributed by atoms with Gasteiger partial charge in [0.1, 0.15) is 0 Å². The third-order valence-corrected chi connectivity index (χ3v) is 3.32. The predicted molar refractivity (Wildman–Crippen MR) is 77.2 cm³/mol. The second-order valence-corrected chi connectivity index (χ2v) is 5.14. The lowest BCUT2D eigenvalue weighted by Crippen LogP contribution is -2.16. The number of hydrogen-bond donors (Lipinski definition) is 1. The number of aryl methyl sites for hydroxylation is 3. The number of aliphatic hydroxyl groups excluding tert-OH is 1. The van der Waals surface area contributed by atoms with Crippen LogP contribution in [0.5, 0.6) is 0 Å². The molecule has 19 heavy (non-hydrogen) atoms. The van der Waals surface area contributed by atoms with Gasteiger partial charge in [-0.15, -0.1) is 0 Å². The molecule has 0 aliphatic heterocycles. The van der Waals surface area contributed by atoms with E-state index in [1.165, 1.54) is 11.1 Å². The molecular weight excluding hydrogens is 236 g/mol. The topological polar surface area (TPSA) is 38.0 Å². The molecule has 0 aliphatic carbocycles. The van der Waals surface area contributed by atoms with Crippen molar-refractivity contribution >= 4 is 0 Å². The van der Waals surface area contributed by atoms with E-state index in [0.717, 1.165) is 17.9 Å². The van der Waals surface area contributed by atoms with E-state index in [4.69, 9.17) is 0 Å². The van der Waals surface area contributed by atoms with Gasteiger partial charge in [0.2, 0.25) is 0 Å². The highest BCUT2D eigenvalue weighted by Crippen LogP contribution is 2.11. The molecule has 0 saturated heterocycles. The average molecular weight is 258 g/mol. The smallest absolute Gasteiger partial charge is 0.0635 e. The number of aromatic nitrogens is 2. The first-order valence-corrected chi connectivity index (χ1v) is 6.85. The summed E-state index contributed by atoms with van der Waals surface area (Å²) >= 11 is 0. The Morgan fingerprint density at radius 2 is 1.84 bits per heavy atom. The van der Waals surface area contributed by atoms with Gasteiger partial charge in [-0.2, -0.15) is 5.10 Å². The van der Waals surface area contributed by atoms with Crippen LogP contribution >= 0.6 is 0 Å². The van der Waals surface area contributed by atoms with Gasteiger partial charge in [0.25, 0.3) is 0 Å². The van der Waals surface area contributed by atoms with Crippen molar-refractivity contribution in [3.8, 4) is 0 Å². The third kappa shape index (κ3) is 3.67. The Balaban J connectivity index is 2.00. The van der Waals surface area contributed by atoms with E-state index in [0.29, 0.717) is 12.8 Å². The number of hydrogen-bond acceptors (Lipinski definition) is 2. The van der Waals surface area contributed by atoms with Gasteiger partial charge in [-0.3, -0.25) is 4.68 Å². The molecule has 2 rings (SSSR count). The fourth-order valence-electron chi connectivity index (χ4n) is 2.35. The van der Waals surface area contributed by atoms with E-state index in [2.05, 4.69) is 49.3 Å². The highest BCUT2D eigenvalue weighted by molar-refractivity contribution is 5.22. The van der Waals surface area contributed by atoms with Crippen LogP contribution < -0.4 is 0 Å². The molecule has 1 atom stereocenters. The second kappa shape index (κ2) is 6.02. The lowest BCUT2D eigenvalue weighted by atomic mass is 10.0. The summed E-state index contributed by atoms with van der Waals surface area (Å²) < 4.78 is 1.97. The average Bonchev–Trinajstić information content (AvgIpc) is 2.72. The quantitative estimate of drug-likeness (QED) is 0.895. The number of aliphatic hydroxyl groups is 1. The van der Waals surface area contributed by atoms with Gasteiger partial charge < -0.3 is 5.11 Å². The van der Waals surface area contributed by atoms with Crippen LogP contribution in [0.3, 0.4) is 0 Å². The van der Waals surface area contributed by atoms with Crippen LogP contribution in [-0.4, -0.2) is 21.0 Å². The SMILES string of the molecule is CCn1nc(C)cc1CC(O)Cc1ccc(C)cc1. The van der Waals surface area contributed by atoms with Crippen molar-refractivity contribution in [2.75, 3.05) is 0 Å². The van der Waals surface area contributed by atoms with E-state index in [1.807, 2.05) is 11.6 Å². The van der Waals surface area contributed by atoms with Gasteiger partial charge in [0, 0.05) is 18.7 Å². The van der Waals surface area contributed by atoms with Gasteiger partial charge >= 0.3 is 0 Å². The summed E-state index contributed by atoms with van der Waals surface area (Å²) in [6, 6.07) is 10.4. The van der Waals surface area contributed by atoms with Gasteiger partial charge in [-0.1, -0.05) is 29.8 Å². The molecule has 0 amide bonds. The molecule has 1 heterocycles. The van der Waals surface area contributed by atoms with Crippen molar-refractivity contribution in [3.63, 3.8) is 0 Å². The Kier molecular flexibility index (Phi) is 4.38.